The van der Waals surface area contributed by atoms with Gasteiger partial charge in [-0.25, -0.2) is 0 Å². The van der Waals surface area contributed by atoms with Crippen molar-refractivity contribution in [3.63, 3.8) is 0 Å². The Morgan fingerprint density at radius 2 is 2.06 bits per heavy atom. The molecule has 1 aromatic rings. The Morgan fingerprint density at radius 1 is 1.39 bits per heavy atom. The summed E-state index contributed by atoms with van der Waals surface area (Å²) in [4.78, 5) is 2.22. The molecule has 1 atom stereocenters. The zero-order valence-electron chi connectivity index (χ0n) is 10.9. The van der Waals surface area contributed by atoms with Crippen LogP contribution < -0.4 is 4.90 Å². The van der Waals surface area contributed by atoms with Gasteiger partial charge in [0.1, 0.15) is 0 Å². The lowest BCUT2D eigenvalue weighted by Crippen LogP contribution is -2.36. The van der Waals surface area contributed by atoms with Crippen LogP contribution in [0.5, 0.6) is 0 Å². The number of hydrogen-bond acceptors (Lipinski definition) is 3. The van der Waals surface area contributed by atoms with E-state index < -0.39 is 6.10 Å². The quantitative estimate of drug-likeness (QED) is 0.916. The van der Waals surface area contributed by atoms with Crippen LogP contribution in [-0.2, 0) is 4.74 Å². The molecule has 2 rings (SSSR count). The van der Waals surface area contributed by atoms with Gasteiger partial charge in [0.2, 0.25) is 0 Å². The van der Waals surface area contributed by atoms with Gasteiger partial charge in [-0.05, 0) is 37.5 Å². The fourth-order valence-electron chi connectivity index (χ4n) is 2.34. The summed E-state index contributed by atoms with van der Waals surface area (Å²) in [5.74, 6) is 0. The molecule has 1 fully saturated rings. The standard InChI is InChI=1S/C14H20ClNO2/c1-10(17)11-3-4-14(13(15)9-11)16(2)12-5-7-18-8-6-12/h3-4,9-10,12,17H,5-8H2,1-2H3/t10-/m0/s1. The van der Waals surface area contributed by atoms with Crippen LogP contribution in [0.2, 0.25) is 5.02 Å². The Hall–Kier alpha value is -0.770. The Labute approximate surface area is 113 Å². The van der Waals surface area contributed by atoms with E-state index >= 15 is 0 Å². The third kappa shape index (κ3) is 2.97. The molecule has 0 saturated carbocycles. The van der Waals surface area contributed by atoms with Gasteiger partial charge in [0.25, 0.3) is 0 Å². The van der Waals surface area contributed by atoms with Crippen molar-refractivity contribution >= 4 is 17.3 Å². The summed E-state index contributed by atoms with van der Waals surface area (Å²) in [7, 11) is 2.07. The molecule has 0 amide bonds. The van der Waals surface area contributed by atoms with Crippen molar-refractivity contribution in [2.45, 2.75) is 31.9 Å². The maximum absolute atomic E-state index is 9.54. The normalized spacial score (nSPS) is 18.7. The van der Waals surface area contributed by atoms with E-state index in [1.807, 2.05) is 18.2 Å². The Morgan fingerprint density at radius 3 is 2.61 bits per heavy atom. The van der Waals surface area contributed by atoms with Crippen molar-refractivity contribution in [2.24, 2.45) is 0 Å². The Kier molecular flexibility index (Phi) is 4.49. The molecule has 0 unspecified atom stereocenters. The van der Waals surface area contributed by atoms with Gasteiger partial charge < -0.3 is 14.7 Å². The lowest BCUT2D eigenvalue weighted by atomic mass is 10.1. The summed E-state index contributed by atoms with van der Waals surface area (Å²) in [6.45, 7) is 3.38. The number of aliphatic hydroxyl groups excluding tert-OH is 1. The van der Waals surface area contributed by atoms with Crippen LogP contribution >= 0.6 is 11.6 Å². The second kappa shape index (κ2) is 5.91. The molecule has 0 radical (unpaired) electrons. The predicted molar refractivity (Wildman–Crippen MR) is 74.3 cm³/mol. The summed E-state index contributed by atoms with van der Waals surface area (Å²) in [6, 6.07) is 6.24. The Bertz CT molecular complexity index is 403. The van der Waals surface area contributed by atoms with Gasteiger partial charge in [0.05, 0.1) is 16.8 Å². The van der Waals surface area contributed by atoms with E-state index in [1.165, 1.54) is 0 Å². The number of nitrogens with zero attached hydrogens (tertiary/aromatic N) is 1. The number of halogens is 1. The summed E-state index contributed by atoms with van der Waals surface area (Å²) in [6.07, 6.45) is 1.58. The summed E-state index contributed by atoms with van der Waals surface area (Å²) in [5, 5.41) is 10.2. The van der Waals surface area contributed by atoms with E-state index in [-0.39, 0.29) is 0 Å². The lowest BCUT2D eigenvalue weighted by Gasteiger charge is -2.33. The first kappa shape index (κ1) is 13.7. The van der Waals surface area contributed by atoms with Gasteiger partial charge in [-0.15, -0.1) is 0 Å². The third-order valence-corrected chi connectivity index (χ3v) is 3.88. The SMILES string of the molecule is C[C@H](O)c1ccc(N(C)C2CCOCC2)c(Cl)c1. The van der Waals surface area contributed by atoms with Crippen LogP contribution in [-0.4, -0.2) is 31.4 Å². The molecular weight excluding hydrogens is 250 g/mol. The van der Waals surface area contributed by atoms with Crippen molar-refractivity contribution in [3.05, 3.63) is 28.8 Å². The minimum atomic E-state index is -0.482. The largest absolute Gasteiger partial charge is 0.389 e. The van der Waals surface area contributed by atoms with Gasteiger partial charge >= 0.3 is 0 Å². The van der Waals surface area contributed by atoms with Crippen molar-refractivity contribution in [3.8, 4) is 0 Å². The van der Waals surface area contributed by atoms with Crippen LogP contribution in [0.1, 0.15) is 31.4 Å². The van der Waals surface area contributed by atoms with E-state index in [0.717, 1.165) is 37.3 Å². The molecule has 3 nitrogen and oxygen atoms in total. The van der Waals surface area contributed by atoms with Crippen molar-refractivity contribution < 1.29 is 9.84 Å². The van der Waals surface area contributed by atoms with Crippen molar-refractivity contribution in [1.29, 1.82) is 0 Å². The van der Waals surface area contributed by atoms with Crippen LogP contribution in [0.3, 0.4) is 0 Å². The highest BCUT2D eigenvalue weighted by atomic mass is 35.5. The molecule has 1 saturated heterocycles. The number of rotatable bonds is 3. The molecular formula is C14H20ClNO2. The molecule has 1 aromatic carbocycles. The van der Waals surface area contributed by atoms with Crippen LogP contribution in [0.4, 0.5) is 5.69 Å². The predicted octanol–water partition coefficient (Wildman–Crippen LogP) is 3.01. The molecule has 0 spiro atoms. The van der Waals surface area contributed by atoms with E-state index in [0.29, 0.717) is 11.1 Å². The first-order valence-electron chi connectivity index (χ1n) is 6.37. The molecule has 1 aliphatic rings. The lowest BCUT2D eigenvalue weighted by molar-refractivity contribution is 0.0855. The van der Waals surface area contributed by atoms with Gasteiger partial charge in [0, 0.05) is 26.3 Å². The molecule has 1 aliphatic heterocycles. The first-order valence-corrected chi connectivity index (χ1v) is 6.75. The van der Waals surface area contributed by atoms with E-state index in [1.54, 1.807) is 6.92 Å². The average molecular weight is 270 g/mol. The van der Waals surface area contributed by atoms with Crippen molar-refractivity contribution in [2.75, 3.05) is 25.2 Å². The van der Waals surface area contributed by atoms with Gasteiger partial charge in [-0.3, -0.25) is 0 Å². The van der Waals surface area contributed by atoms with E-state index in [9.17, 15) is 5.11 Å². The topological polar surface area (TPSA) is 32.7 Å². The van der Waals surface area contributed by atoms with Gasteiger partial charge in [0.15, 0.2) is 0 Å². The molecule has 0 bridgehead atoms. The highest BCUT2D eigenvalue weighted by Gasteiger charge is 2.20. The highest BCUT2D eigenvalue weighted by molar-refractivity contribution is 6.33. The zero-order chi connectivity index (χ0) is 13.1. The minimum absolute atomic E-state index is 0.480. The smallest absolute Gasteiger partial charge is 0.0762 e. The second-order valence-corrected chi connectivity index (χ2v) is 5.25. The van der Waals surface area contributed by atoms with E-state index in [4.69, 9.17) is 16.3 Å². The van der Waals surface area contributed by atoms with Gasteiger partial charge in [-0.2, -0.15) is 0 Å². The molecule has 0 aliphatic carbocycles. The fraction of sp³-hybridized carbons (Fsp3) is 0.571. The number of anilines is 1. The maximum atomic E-state index is 9.54. The monoisotopic (exact) mass is 269 g/mol. The molecule has 1 N–H and O–H groups in total. The molecule has 100 valence electrons. The third-order valence-electron chi connectivity index (χ3n) is 3.57. The average Bonchev–Trinajstić information content (AvgIpc) is 2.38. The van der Waals surface area contributed by atoms with Crippen molar-refractivity contribution in [1.82, 2.24) is 0 Å². The molecule has 4 heteroatoms. The van der Waals surface area contributed by atoms with Crippen LogP contribution in [0.15, 0.2) is 18.2 Å². The fourth-order valence-corrected chi connectivity index (χ4v) is 2.66. The summed E-state index contributed by atoms with van der Waals surface area (Å²) >= 11 is 6.30. The number of aliphatic hydroxyl groups is 1. The Balaban J connectivity index is 2.16. The van der Waals surface area contributed by atoms with Crippen LogP contribution in [0, 0.1) is 0 Å². The van der Waals surface area contributed by atoms with E-state index in [2.05, 4.69) is 11.9 Å². The number of hydrogen-bond donors (Lipinski definition) is 1. The van der Waals surface area contributed by atoms with Crippen LogP contribution in [0.25, 0.3) is 0 Å². The number of ether oxygens (including phenoxy) is 1. The maximum Gasteiger partial charge on any atom is 0.0762 e. The molecule has 0 aromatic heterocycles. The zero-order valence-corrected chi connectivity index (χ0v) is 11.7. The van der Waals surface area contributed by atoms with Gasteiger partial charge in [-0.1, -0.05) is 17.7 Å². The molecule has 1 heterocycles. The molecule has 18 heavy (non-hydrogen) atoms. The highest BCUT2D eigenvalue weighted by Crippen LogP contribution is 2.31. The minimum Gasteiger partial charge on any atom is -0.389 e. The first-order chi connectivity index (χ1) is 8.59. The summed E-state index contributed by atoms with van der Waals surface area (Å²) in [5.41, 5.74) is 1.87. The number of benzene rings is 1. The second-order valence-electron chi connectivity index (χ2n) is 4.84. The summed E-state index contributed by atoms with van der Waals surface area (Å²) < 4.78 is 5.37.